The first kappa shape index (κ1) is 18.0. The van der Waals surface area contributed by atoms with E-state index in [0.29, 0.717) is 15.2 Å². The quantitative estimate of drug-likeness (QED) is 0.438. The highest BCUT2D eigenvalue weighted by Crippen LogP contribution is 2.38. The number of benzene rings is 2. The van der Waals surface area contributed by atoms with Gasteiger partial charge in [-0.2, -0.15) is 0 Å². The van der Waals surface area contributed by atoms with E-state index in [2.05, 4.69) is 21.2 Å². The summed E-state index contributed by atoms with van der Waals surface area (Å²) in [5, 5.41) is 14.5. The predicted molar refractivity (Wildman–Crippen MR) is 93.4 cm³/mol. The Bertz CT molecular complexity index is 813. The van der Waals surface area contributed by atoms with Crippen molar-refractivity contribution in [1.29, 1.82) is 0 Å². The van der Waals surface area contributed by atoms with Crippen molar-refractivity contribution in [2.45, 2.75) is 0 Å². The molecule has 9 heteroatoms. The van der Waals surface area contributed by atoms with Crippen LogP contribution in [0.4, 0.5) is 17.1 Å². The first-order valence-corrected chi connectivity index (χ1v) is 7.71. The number of nitrogens with one attached hydrogen (secondary N) is 1. The lowest BCUT2D eigenvalue weighted by Gasteiger charge is -2.13. The molecule has 0 aliphatic carbocycles. The molecule has 2 aromatic carbocycles. The number of esters is 1. The SMILES string of the molecule is COC(=O)c1ccc(Cl)cc1Nc1cc(Br)c(OC)cc1[N+](=O)[O-]. The third kappa shape index (κ3) is 3.77. The van der Waals surface area contributed by atoms with E-state index in [1.165, 1.54) is 44.6 Å². The fourth-order valence-electron chi connectivity index (χ4n) is 2.00. The Labute approximate surface area is 150 Å². The molecule has 0 fully saturated rings. The van der Waals surface area contributed by atoms with Gasteiger partial charge in [-0.3, -0.25) is 10.1 Å². The summed E-state index contributed by atoms with van der Waals surface area (Å²) in [4.78, 5) is 22.6. The number of anilines is 2. The van der Waals surface area contributed by atoms with Crippen LogP contribution in [0.3, 0.4) is 0 Å². The zero-order valence-electron chi connectivity index (χ0n) is 12.6. The van der Waals surface area contributed by atoms with Crippen LogP contribution in [0.15, 0.2) is 34.8 Å². The van der Waals surface area contributed by atoms with Crippen LogP contribution >= 0.6 is 27.5 Å². The van der Waals surface area contributed by atoms with Crippen molar-refractivity contribution in [3.8, 4) is 5.75 Å². The summed E-state index contributed by atoms with van der Waals surface area (Å²) in [5.74, 6) is -0.282. The van der Waals surface area contributed by atoms with Gasteiger partial charge < -0.3 is 14.8 Å². The summed E-state index contributed by atoms with van der Waals surface area (Å²) >= 11 is 9.23. The normalized spacial score (nSPS) is 10.2. The second kappa shape index (κ2) is 7.50. The standard InChI is InChI=1S/C15H12BrClN2O5/c1-23-14-7-13(19(21)22)12(6-10(14)16)18-11-5-8(17)3-4-9(11)15(20)24-2/h3-7,18H,1-2H3. The van der Waals surface area contributed by atoms with Crippen LogP contribution in [0.2, 0.25) is 5.02 Å². The summed E-state index contributed by atoms with van der Waals surface area (Å²) in [6.07, 6.45) is 0. The molecule has 2 rings (SSSR count). The molecule has 0 aliphatic heterocycles. The molecule has 0 saturated carbocycles. The summed E-state index contributed by atoms with van der Waals surface area (Å²) in [7, 11) is 2.65. The van der Waals surface area contributed by atoms with Gasteiger partial charge in [0.25, 0.3) is 5.69 Å². The van der Waals surface area contributed by atoms with E-state index in [1.807, 2.05) is 0 Å². The number of nitrogens with zero attached hydrogens (tertiary/aromatic N) is 1. The van der Waals surface area contributed by atoms with Crippen molar-refractivity contribution in [2.75, 3.05) is 19.5 Å². The van der Waals surface area contributed by atoms with Gasteiger partial charge >= 0.3 is 5.97 Å². The summed E-state index contributed by atoms with van der Waals surface area (Å²) < 4.78 is 10.3. The number of ether oxygens (including phenoxy) is 2. The lowest BCUT2D eigenvalue weighted by Crippen LogP contribution is -2.06. The minimum absolute atomic E-state index is 0.167. The maximum atomic E-state index is 11.9. The molecule has 126 valence electrons. The molecule has 0 atom stereocenters. The smallest absolute Gasteiger partial charge is 0.339 e. The number of nitro groups is 1. The number of methoxy groups -OCH3 is 2. The average Bonchev–Trinajstić information content (AvgIpc) is 2.54. The number of hydrogen-bond acceptors (Lipinski definition) is 6. The molecule has 24 heavy (non-hydrogen) atoms. The predicted octanol–water partition coefficient (Wildman–Crippen LogP) is 4.55. The van der Waals surface area contributed by atoms with Crippen LogP contribution in [0, 0.1) is 10.1 Å². The molecule has 0 aromatic heterocycles. The Kier molecular flexibility index (Phi) is 5.63. The van der Waals surface area contributed by atoms with E-state index in [1.54, 1.807) is 0 Å². The molecule has 1 N–H and O–H groups in total. The van der Waals surface area contributed by atoms with Gasteiger partial charge in [0.2, 0.25) is 0 Å². The molecule has 0 amide bonds. The third-order valence-corrected chi connectivity index (χ3v) is 3.98. The van der Waals surface area contributed by atoms with Gasteiger partial charge in [0, 0.05) is 5.02 Å². The number of halogens is 2. The fraction of sp³-hybridized carbons (Fsp3) is 0.133. The number of carbonyl (C=O) groups is 1. The van der Waals surface area contributed by atoms with Crippen LogP contribution in [0.1, 0.15) is 10.4 Å². The highest BCUT2D eigenvalue weighted by Gasteiger charge is 2.20. The average molecular weight is 416 g/mol. The first-order chi connectivity index (χ1) is 11.4. The highest BCUT2D eigenvalue weighted by molar-refractivity contribution is 9.10. The minimum Gasteiger partial charge on any atom is -0.495 e. The Morgan fingerprint density at radius 2 is 1.96 bits per heavy atom. The molecular weight excluding hydrogens is 404 g/mol. The van der Waals surface area contributed by atoms with Gasteiger partial charge in [-0.05, 0) is 40.2 Å². The molecule has 7 nitrogen and oxygen atoms in total. The van der Waals surface area contributed by atoms with Gasteiger partial charge in [-0.25, -0.2) is 4.79 Å². The van der Waals surface area contributed by atoms with E-state index in [9.17, 15) is 14.9 Å². The van der Waals surface area contributed by atoms with Gasteiger partial charge in [0.15, 0.2) is 0 Å². The van der Waals surface area contributed by atoms with E-state index in [4.69, 9.17) is 21.1 Å². The van der Waals surface area contributed by atoms with Crippen molar-refractivity contribution >= 4 is 50.6 Å². The fourth-order valence-corrected chi connectivity index (χ4v) is 2.68. The summed E-state index contributed by atoms with van der Waals surface area (Å²) in [5.41, 5.74) is 0.434. The lowest BCUT2D eigenvalue weighted by molar-refractivity contribution is -0.384. The topological polar surface area (TPSA) is 90.7 Å². The Morgan fingerprint density at radius 3 is 2.54 bits per heavy atom. The van der Waals surface area contributed by atoms with Crippen LogP contribution in [-0.4, -0.2) is 25.1 Å². The zero-order chi connectivity index (χ0) is 17.9. The van der Waals surface area contributed by atoms with Gasteiger partial charge in [0.1, 0.15) is 11.4 Å². The van der Waals surface area contributed by atoms with Gasteiger partial charge in [-0.1, -0.05) is 11.6 Å². The van der Waals surface area contributed by atoms with Crippen molar-refractivity contribution in [2.24, 2.45) is 0 Å². The Morgan fingerprint density at radius 1 is 1.25 bits per heavy atom. The molecular formula is C15H12BrClN2O5. The van der Waals surface area contributed by atoms with Crippen molar-refractivity contribution in [1.82, 2.24) is 0 Å². The molecule has 0 heterocycles. The van der Waals surface area contributed by atoms with Crippen molar-refractivity contribution < 1.29 is 19.2 Å². The highest BCUT2D eigenvalue weighted by atomic mass is 79.9. The Balaban J connectivity index is 2.55. The van der Waals surface area contributed by atoms with Crippen LogP contribution < -0.4 is 10.1 Å². The largest absolute Gasteiger partial charge is 0.495 e. The van der Waals surface area contributed by atoms with Gasteiger partial charge in [-0.15, -0.1) is 0 Å². The van der Waals surface area contributed by atoms with Crippen LogP contribution in [-0.2, 0) is 4.74 Å². The second-order valence-electron chi connectivity index (χ2n) is 4.57. The van der Waals surface area contributed by atoms with E-state index in [-0.39, 0.29) is 22.6 Å². The number of nitro benzene ring substituents is 1. The molecule has 0 aliphatic rings. The maximum Gasteiger partial charge on any atom is 0.339 e. The zero-order valence-corrected chi connectivity index (χ0v) is 15.0. The summed E-state index contributed by atoms with van der Waals surface area (Å²) in [6.45, 7) is 0. The third-order valence-electron chi connectivity index (χ3n) is 3.12. The van der Waals surface area contributed by atoms with Crippen molar-refractivity contribution in [3.05, 3.63) is 55.5 Å². The van der Waals surface area contributed by atoms with E-state index in [0.717, 1.165) is 0 Å². The molecule has 2 aromatic rings. The molecule has 0 radical (unpaired) electrons. The van der Waals surface area contributed by atoms with Crippen LogP contribution in [0.5, 0.6) is 5.75 Å². The number of rotatable bonds is 5. The van der Waals surface area contributed by atoms with Crippen LogP contribution in [0.25, 0.3) is 0 Å². The number of hydrogen-bond donors (Lipinski definition) is 1. The molecule has 0 saturated heterocycles. The molecule has 0 unspecified atom stereocenters. The maximum absolute atomic E-state index is 11.9. The minimum atomic E-state index is -0.593. The molecule has 0 spiro atoms. The molecule has 0 bridgehead atoms. The second-order valence-corrected chi connectivity index (χ2v) is 5.86. The van der Waals surface area contributed by atoms with E-state index >= 15 is 0 Å². The Hall–Kier alpha value is -2.32. The lowest BCUT2D eigenvalue weighted by atomic mass is 10.1. The monoisotopic (exact) mass is 414 g/mol. The number of carbonyl (C=O) groups excluding carboxylic acids is 1. The van der Waals surface area contributed by atoms with Crippen molar-refractivity contribution in [3.63, 3.8) is 0 Å². The van der Waals surface area contributed by atoms with E-state index < -0.39 is 10.9 Å². The summed E-state index contributed by atoms with van der Waals surface area (Å²) in [6, 6.07) is 7.24. The van der Waals surface area contributed by atoms with Gasteiger partial charge in [0.05, 0.1) is 40.9 Å². The first-order valence-electron chi connectivity index (χ1n) is 6.54.